The largest absolute Gasteiger partial charge is 0.467 e. The lowest BCUT2D eigenvalue weighted by atomic mass is 10.1. The Labute approximate surface area is 154 Å². The fraction of sp³-hybridized carbons (Fsp3) is 0.278. The number of halogens is 1. The van der Waals surface area contributed by atoms with Gasteiger partial charge in [0.2, 0.25) is 0 Å². The minimum atomic E-state index is -0.289. The summed E-state index contributed by atoms with van der Waals surface area (Å²) in [5.41, 5.74) is 2.50. The Morgan fingerprint density at radius 3 is 2.88 bits per heavy atom. The summed E-state index contributed by atoms with van der Waals surface area (Å²) in [5, 5.41) is 9.40. The predicted octanol–water partition coefficient (Wildman–Crippen LogP) is 3.66. The van der Waals surface area contributed by atoms with E-state index in [1.54, 1.807) is 12.4 Å². The maximum Gasteiger partial charge on any atom is 0.191 e. The Morgan fingerprint density at radius 1 is 1.23 bits per heavy atom. The molecule has 0 radical (unpaired) electrons. The van der Waals surface area contributed by atoms with Crippen LogP contribution in [0.15, 0.2) is 41.8 Å². The van der Waals surface area contributed by atoms with E-state index < -0.39 is 0 Å². The first-order valence-corrected chi connectivity index (χ1v) is 9.23. The molecule has 4 rings (SSSR count). The van der Waals surface area contributed by atoms with Gasteiger partial charge in [0.1, 0.15) is 11.6 Å². The van der Waals surface area contributed by atoms with Crippen LogP contribution in [0.4, 0.5) is 4.39 Å². The number of rotatable bonds is 5. The molecular formula is C18H17FN4O2S. The summed E-state index contributed by atoms with van der Waals surface area (Å²) in [5.74, 6) is 1.75. The minimum absolute atomic E-state index is 0.188. The van der Waals surface area contributed by atoms with Gasteiger partial charge in [-0.15, -0.1) is 10.2 Å². The zero-order valence-corrected chi connectivity index (χ0v) is 15.0. The highest BCUT2D eigenvalue weighted by Gasteiger charge is 2.19. The van der Waals surface area contributed by atoms with E-state index in [1.165, 1.54) is 23.9 Å². The first-order chi connectivity index (χ1) is 12.8. The van der Waals surface area contributed by atoms with Gasteiger partial charge in [-0.2, -0.15) is 0 Å². The predicted molar refractivity (Wildman–Crippen MR) is 95.2 cm³/mol. The van der Waals surface area contributed by atoms with Crippen molar-refractivity contribution in [2.75, 3.05) is 6.79 Å². The van der Waals surface area contributed by atoms with Crippen molar-refractivity contribution in [3.63, 3.8) is 0 Å². The molecule has 0 amide bonds. The van der Waals surface area contributed by atoms with Gasteiger partial charge in [-0.1, -0.05) is 11.8 Å². The number of hydrogen-bond donors (Lipinski definition) is 0. The molecule has 0 unspecified atom stereocenters. The number of ether oxygens (including phenoxy) is 2. The van der Waals surface area contributed by atoms with E-state index in [1.807, 2.05) is 23.6 Å². The lowest BCUT2D eigenvalue weighted by Crippen LogP contribution is -2.13. The van der Waals surface area contributed by atoms with Crippen LogP contribution in [0.1, 0.15) is 18.1 Å². The highest BCUT2D eigenvalue weighted by molar-refractivity contribution is 7.98. The van der Waals surface area contributed by atoms with Crippen molar-refractivity contribution in [2.24, 2.45) is 0 Å². The lowest BCUT2D eigenvalue weighted by Gasteiger charge is -2.20. The van der Waals surface area contributed by atoms with Gasteiger partial charge in [0.05, 0.1) is 6.61 Å². The molecule has 3 heterocycles. The minimum Gasteiger partial charge on any atom is -0.467 e. The van der Waals surface area contributed by atoms with Gasteiger partial charge in [-0.05, 0) is 31.2 Å². The second kappa shape index (κ2) is 7.43. The molecule has 2 aromatic heterocycles. The van der Waals surface area contributed by atoms with Crippen molar-refractivity contribution in [3.8, 4) is 17.1 Å². The Morgan fingerprint density at radius 2 is 2.08 bits per heavy atom. The summed E-state index contributed by atoms with van der Waals surface area (Å²) in [4.78, 5) is 4.04. The van der Waals surface area contributed by atoms with Gasteiger partial charge in [0.15, 0.2) is 17.8 Å². The second-order valence-corrected chi connectivity index (χ2v) is 6.68. The number of hydrogen-bond acceptors (Lipinski definition) is 6. The zero-order chi connectivity index (χ0) is 17.9. The average molecular weight is 372 g/mol. The van der Waals surface area contributed by atoms with Crippen LogP contribution in [-0.4, -0.2) is 26.5 Å². The van der Waals surface area contributed by atoms with Crippen LogP contribution in [-0.2, 0) is 23.6 Å². The van der Waals surface area contributed by atoms with E-state index in [0.29, 0.717) is 18.1 Å². The summed E-state index contributed by atoms with van der Waals surface area (Å²) < 4.78 is 26.7. The monoisotopic (exact) mass is 372 g/mol. The van der Waals surface area contributed by atoms with Crippen LogP contribution in [0.5, 0.6) is 5.75 Å². The number of aromatic nitrogens is 4. The molecule has 1 aromatic carbocycles. The van der Waals surface area contributed by atoms with Crippen molar-refractivity contribution in [3.05, 3.63) is 53.6 Å². The molecule has 0 bridgehead atoms. The van der Waals surface area contributed by atoms with Gasteiger partial charge in [0.25, 0.3) is 0 Å². The van der Waals surface area contributed by atoms with Gasteiger partial charge >= 0.3 is 0 Å². The first kappa shape index (κ1) is 17.0. The molecule has 0 N–H and O–H groups in total. The fourth-order valence-electron chi connectivity index (χ4n) is 2.90. The van der Waals surface area contributed by atoms with Gasteiger partial charge in [-0.25, -0.2) is 4.39 Å². The molecule has 0 aliphatic carbocycles. The van der Waals surface area contributed by atoms with E-state index in [-0.39, 0.29) is 12.6 Å². The average Bonchev–Trinajstić information content (AvgIpc) is 3.09. The molecule has 26 heavy (non-hydrogen) atoms. The third kappa shape index (κ3) is 3.30. The third-order valence-corrected chi connectivity index (χ3v) is 5.10. The van der Waals surface area contributed by atoms with Crippen molar-refractivity contribution in [2.45, 2.75) is 31.0 Å². The van der Waals surface area contributed by atoms with Crippen LogP contribution < -0.4 is 4.74 Å². The molecule has 6 nitrogen and oxygen atoms in total. The second-order valence-electron chi connectivity index (χ2n) is 5.74. The molecule has 0 saturated heterocycles. The summed E-state index contributed by atoms with van der Waals surface area (Å²) in [6, 6.07) is 6.77. The number of fused-ring (bicyclic) bond motifs is 1. The number of pyridine rings is 1. The van der Waals surface area contributed by atoms with Gasteiger partial charge < -0.3 is 14.0 Å². The lowest BCUT2D eigenvalue weighted by molar-refractivity contribution is -0.0171. The van der Waals surface area contributed by atoms with Crippen LogP contribution in [0.3, 0.4) is 0 Å². The van der Waals surface area contributed by atoms with Crippen LogP contribution in [0.2, 0.25) is 0 Å². The van der Waals surface area contributed by atoms with Crippen molar-refractivity contribution < 1.29 is 13.9 Å². The molecule has 0 spiro atoms. The SMILES string of the molecule is CCn1c(SCc2cc(F)cc3c2OCOC3)nnc1-c1ccncc1. The Bertz CT molecular complexity index is 917. The number of benzene rings is 1. The molecule has 0 fully saturated rings. The normalized spacial score (nSPS) is 13.3. The highest BCUT2D eigenvalue weighted by atomic mass is 32.2. The smallest absolute Gasteiger partial charge is 0.191 e. The summed E-state index contributed by atoms with van der Waals surface area (Å²) >= 11 is 1.51. The summed E-state index contributed by atoms with van der Waals surface area (Å²) in [6.07, 6.45) is 3.46. The first-order valence-electron chi connectivity index (χ1n) is 8.24. The van der Waals surface area contributed by atoms with Crippen molar-refractivity contribution >= 4 is 11.8 Å². The van der Waals surface area contributed by atoms with E-state index in [0.717, 1.165) is 34.2 Å². The third-order valence-electron chi connectivity index (χ3n) is 4.08. The molecule has 0 atom stereocenters. The van der Waals surface area contributed by atoms with Crippen LogP contribution in [0, 0.1) is 5.82 Å². The fourth-order valence-corrected chi connectivity index (χ4v) is 3.87. The standard InChI is InChI=1S/C18H17FN4O2S/c1-2-23-17(12-3-5-20-6-4-12)21-22-18(23)26-10-14-8-15(19)7-13-9-24-11-25-16(13)14/h3-8H,2,9-11H2,1H3. The van der Waals surface area contributed by atoms with Gasteiger partial charge in [0, 0.05) is 41.4 Å². The van der Waals surface area contributed by atoms with Crippen LogP contribution >= 0.6 is 11.8 Å². The van der Waals surface area contributed by atoms with E-state index >= 15 is 0 Å². The number of nitrogens with zero attached hydrogens (tertiary/aromatic N) is 4. The van der Waals surface area contributed by atoms with E-state index in [2.05, 4.69) is 15.2 Å². The molecule has 8 heteroatoms. The summed E-state index contributed by atoms with van der Waals surface area (Å²) in [6.45, 7) is 3.33. The maximum absolute atomic E-state index is 13.9. The zero-order valence-electron chi connectivity index (χ0n) is 14.2. The summed E-state index contributed by atoms with van der Waals surface area (Å²) in [7, 11) is 0. The highest BCUT2D eigenvalue weighted by Crippen LogP contribution is 2.34. The molecule has 3 aromatic rings. The Hall–Kier alpha value is -2.45. The van der Waals surface area contributed by atoms with E-state index in [4.69, 9.17) is 9.47 Å². The maximum atomic E-state index is 13.9. The Kier molecular flexibility index (Phi) is 4.85. The van der Waals surface area contributed by atoms with Crippen LogP contribution in [0.25, 0.3) is 11.4 Å². The Balaban J connectivity index is 1.60. The molecule has 1 aliphatic heterocycles. The van der Waals surface area contributed by atoms with Crippen molar-refractivity contribution in [1.82, 2.24) is 19.7 Å². The van der Waals surface area contributed by atoms with E-state index in [9.17, 15) is 4.39 Å². The number of thioether (sulfide) groups is 1. The quantitative estimate of drug-likeness (QED) is 0.637. The van der Waals surface area contributed by atoms with Gasteiger partial charge in [-0.3, -0.25) is 4.98 Å². The molecular weight excluding hydrogens is 355 g/mol. The topological polar surface area (TPSA) is 62.1 Å². The molecule has 134 valence electrons. The van der Waals surface area contributed by atoms with Crippen molar-refractivity contribution in [1.29, 1.82) is 0 Å². The molecule has 1 aliphatic rings. The molecule has 0 saturated carbocycles.